The van der Waals surface area contributed by atoms with E-state index in [1.54, 1.807) is 6.08 Å². The molecular formula is C17H19N3. The van der Waals surface area contributed by atoms with Crippen molar-refractivity contribution in [1.29, 1.82) is 0 Å². The van der Waals surface area contributed by atoms with E-state index in [1.807, 2.05) is 24.3 Å². The van der Waals surface area contributed by atoms with Crippen LogP contribution < -0.4 is 11.3 Å². The number of hydrazine groups is 1. The van der Waals surface area contributed by atoms with E-state index in [0.29, 0.717) is 6.54 Å². The molecule has 20 heavy (non-hydrogen) atoms. The summed E-state index contributed by atoms with van der Waals surface area (Å²) in [5.74, 6) is 5.31. The van der Waals surface area contributed by atoms with E-state index >= 15 is 0 Å². The molecule has 3 nitrogen and oxygen atoms in total. The molecule has 3 N–H and O–H groups in total. The van der Waals surface area contributed by atoms with Crippen LogP contribution in [0.1, 0.15) is 11.3 Å². The molecule has 1 aromatic heterocycles. The summed E-state index contributed by atoms with van der Waals surface area (Å²) in [5.41, 5.74) is 7.74. The van der Waals surface area contributed by atoms with Crippen LogP contribution in [0.25, 0.3) is 16.8 Å². The van der Waals surface area contributed by atoms with Crippen molar-refractivity contribution in [1.82, 2.24) is 10.4 Å². The largest absolute Gasteiger partial charge is 0.271 e. The highest BCUT2D eigenvalue weighted by Gasteiger charge is 2.05. The fraction of sp³-hybridized carbons (Fsp3) is 0.118. The molecule has 0 aliphatic heterocycles. The fourth-order valence-electron chi connectivity index (χ4n) is 2.03. The first kappa shape index (κ1) is 14.2. The molecule has 1 heterocycles. The van der Waals surface area contributed by atoms with Crippen molar-refractivity contribution in [3.05, 3.63) is 72.5 Å². The molecule has 2 aromatic rings. The van der Waals surface area contributed by atoms with Crippen molar-refractivity contribution in [3.8, 4) is 11.3 Å². The van der Waals surface area contributed by atoms with Crippen LogP contribution in [0.5, 0.6) is 0 Å². The van der Waals surface area contributed by atoms with Gasteiger partial charge in [0.1, 0.15) is 0 Å². The van der Waals surface area contributed by atoms with Gasteiger partial charge >= 0.3 is 0 Å². The van der Waals surface area contributed by atoms with Gasteiger partial charge in [0.2, 0.25) is 0 Å². The standard InChI is InChI=1S/C17H19N3/c1-3-14(9-10-19-18)16-11-13(2)12-17(20-16)15-7-5-4-6-8-15/h3-9,11-12,19H,1,10,18H2,2H3/b14-9+. The number of benzene rings is 1. The second-order valence-electron chi connectivity index (χ2n) is 4.55. The van der Waals surface area contributed by atoms with Crippen LogP contribution in [-0.2, 0) is 0 Å². The van der Waals surface area contributed by atoms with Gasteiger partial charge in [0.25, 0.3) is 0 Å². The van der Waals surface area contributed by atoms with Gasteiger partial charge in [-0.1, -0.05) is 49.1 Å². The lowest BCUT2D eigenvalue weighted by Gasteiger charge is -2.08. The molecule has 0 amide bonds. The van der Waals surface area contributed by atoms with Gasteiger partial charge in [-0.15, -0.1) is 0 Å². The Morgan fingerprint density at radius 2 is 2.05 bits per heavy atom. The van der Waals surface area contributed by atoms with Gasteiger partial charge in [-0.2, -0.15) is 0 Å². The van der Waals surface area contributed by atoms with Crippen molar-refractivity contribution >= 4 is 5.57 Å². The molecule has 102 valence electrons. The lowest BCUT2D eigenvalue weighted by Crippen LogP contribution is -2.21. The quantitative estimate of drug-likeness (QED) is 0.496. The normalized spacial score (nSPS) is 11.4. The average molecular weight is 265 g/mol. The van der Waals surface area contributed by atoms with Crippen LogP contribution in [0.2, 0.25) is 0 Å². The zero-order chi connectivity index (χ0) is 14.4. The summed E-state index contributed by atoms with van der Waals surface area (Å²) in [6.07, 6.45) is 3.78. The molecule has 3 heteroatoms. The molecule has 0 saturated heterocycles. The number of aryl methyl sites for hydroxylation is 1. The third-order valence-electron chi connectivity index (χ3n) is 2.99. The fourth-order valence-corrected chi connectivity index (χ4v) is 2.03. The first-order valence-corrected chi connectivity index (χ1v) is 6.55. The van der Waals surface area contributed by atoms with Crippen molar-refractivity contribution in [3.63, 3.8) is 0 Å². The Morgan fingerprint density at radius 1 is 1.30 bits per heavy atom. The SMILES string of the molecule is C=C/C(=C\CNN)c1cc(C)cc(-c2ccccc2)n1. The summed E-state index contributed by atoms with van der Waals surface area (Å²) in [6.45, 7) is 6.50. The summed E-state index contributed by atoms with van der Waals surface area (Å²) in [5, 5.41) is 0. The molecule has 0 fully saturated rings. The van der Waals surface area contributed by atoms with Gasteiger partial charge in [-0.05, 0) is 30.2 Å². The highest BCUT2D eigenvalue weighted by molar-refractivity contribution is 5.73. The molecule has 0 bridgehead atoms. The van der Waals surface area contributed by atoms with Crippen LogP contribution in [0.4, 0.5) is 0 Å². The number of rotatable bonds is 5. The van der Waals surface area contributed by atoms with Crippen LogP contribution in [0.3, 0.4) is 0 Å². The number of hydrogen-bond donors (Lipinski definition) is 2. The molecule has 0 saturated carbocycles. The molecule has 0 aliphatic carbocycles. The van der Waals surface area contributed by atoms with Crippen LogP contribution in [-0.4, -0.2) is 11.5 Å². The minimum absolute atomic E-state index is 0.581. The highest BCUT2D eigenvalue weighted by Crippen LogP contribution is 2.22. The Labute approximate surface area is 119 Å². The Bertz CT molecular complexity index is 615. The molecular weight excluding hydrogens is 246 g/mol. The van der Waals surface area contributed by atoms with Crippen LogP contribution in [0.15, 0.2) is 61.2 Å². The van der Waals surface area contributed by atoms with E-state index < -0.39 is 0 Å². The summed E-state index contributed by atoms with van der Waals surface area (Å²) < 4.78 is 0. The predicted octanol–water partition coefficient (Wildman–Crippen LogP) is 3.09. The van der Waals surface area contributed by atoms with Gasteiger partial charge in [-0.25, -0.2) is 4.98 Å². The van der Waals surface area contributed by atoms with Gasteiger partial charge in [-0.3, -0.25) is 11.3 Å². The van der Waals surface area contributed by atoms with E-state index in [1.165, 1.54) is 5.56 Å². The second kappa shape index (κ2) is 6.80. The number of nitrogens with two attached hydrogens (primary N) is 1. The van der Waals surface area contributed by atoms with Gasteiger partial charge < -0.3 is 0 Å². The Kier molecular flexibility index (Phi) is 4.82. The van der Waals surface area contributed by atoms with Crippen molar-refractivity contribution < 1.29 is 0 Å². The summed E-state index contributed by atoms with van der Waals surface area (Å²) in [6, 6.07) is 14.3. The number of nitrogens with one attached hydrogen (secondary N) is 1. The minimum atomic E-state index is 0.581. The maximum atomic E-state index is 5.31. The highest BCUT2D eigenvalue weighted by atomic mass is 15.2. The molecule has 0 atom stereocenters. The Morgan fingerprint density at radius 3 is 2.70 bits per heavy atom. The zero-order valence-corrected chi connectivity index (χ0v) is 11.6. The molecule has 0 spiro atoms. The smallest absolute Gasteiger partial charge is 0.0712 e. The monoisotopic (exact) mass is 265 g/mol. The lowest BCUT2D eigenvalue weighted by molar-refractivity contribution is 0.824. The number of hydrogen-bond acceptors (Lipinski definition) is 3. The van der Waals surface area contributed by atoms with E-state index in [0.717, 1.165) is 22.5 Å². The van der Waals surface area contributed by atoms with Crippen molar-refractivity contribution in [2.24, 2.45) is 5.84 Å². The van der Waals surface area contributed by atoms with Gasteiger partial charge in [0.15, 0.2) is 0 Å². The number of allylic oxidation sites excluding steroid dienone is 2. The van der Waals surface area contributed by atoms with Crippen molar-refractivity contribution in [2.45, 2.75) is 6.92 Å². The van der Waals surface area contributed by atoms with Crippen molar-refractivity contribution in [2.75, 3.05) is 6.54 Å². The maximum absolute atomic E-state index is 5.31. The zero-order valence-electron chi connectivity index (χ0n) is 11.6. The summed E-state index contributed by atoms with van der Waals surface area (Å²) in [4.78, 5) is 4.72. The molecule has 0 radical (unpaired) electrons. The van der Waals surface area contributed by atoms with Gasteiger partial charge in [0.05, 0.1) is 11.4 Å². The van der Waals surface area contributed by atoms with E-state index in [9.17, 15) is 0 Å². The third kappa shape index (κ3) is 3.41. The first-order chi connectivity index (χ1) is 9.74. The summed E-state index contributed by atoms with van der Waals surface area (Å²) >= 11 is 0. The predicted molar refractivity (Wildman–Crippen MR) is 84.8 cm³/mol. The molecule has 1 aromatic carbocycles. The molecule has 0 unspecified atom stereocenters. The molecule has 0 aliphatic rings. The van der Waals surface area contributed by atoms with Crippen LogP contribution >= 0.6 is 0 Å². The third-order valence-corrected chi connectivity index (χ3v) is 2.99. The lowest BCUT2D eigenvalue weighted by atomic mass is 10.1. The van der Waals surface area contributed by atoms with E-state index in [-0.39, 0.29) is 0 Å². The number of aromatic nitrogens is 1. The van der Waals surface area contributed by atoms with Gasteiger partial charge in [0, 0.05) is 12.1 Å². The summed E-state index contributed by atoms with van der Waals surface area (Å²) in [7, 11) is 0. The Balaban J connectivity index is 2.46. The Hall–Kier alpha value is -2.23. The second-order valence-corrected chi connectivity index (χ2v) is 4.55. The minimum Gasteiger partial charge on any atom is -0.271 e. The van der Waals surface area contributed by atoms with Crippen LogP contribution in [0, 0.1) is 6.92 Å². The first-order valence-electron chi connectivity index (χ1n) is 6.55. The number of pyridine rings is 1. The average Bonchev–Trinajstić information content (AvgIpc) is 2.48. The topological polar surface area (TPSA) is 50.9 Å². The van der Waals surface area contributed by atoms with E-state index in [4.69, 9.17) is 10.8 Å². The van der Waals surface area contributed by atoms with E-state index in [2.05, 4.69) is 43.2 Å². The number of nitrogens with zero attached hydrogens (tertiary/aromatic N) is 1. The molecule has 2 rings (SSSR count). The maximum Gasteiger partial charge on any atom is 0.0712 e.